The number of hydrogen-bond acceptors (Lipinski definition) is 7. The Hall–Kier alpha value is -4.34. The highest BCUT2D eigenvalue weighted by Crippen LogP contribution is 2.36. The summed E-state index contributed by atoms with van der Waals surface area (Å²) >= 11 is 0. The van der Waals surface area contributed by atoms with Crippen molar-refractivity contribution in [3.05, 3.63) is 71.4 Å². The van der Waals surface area contributed by atoms with Gasteiger partial charge in [-0.15, -0.1) is 0 Å². The van der Waals surface area contributed by atoms with E-state index in [-0.39, 0.29) is 36.0 Å². The Morgan fingerprint density at radius 3 is 2.60 bits per heavy atom. The van der Waals surface area contributed by atoms with Crippen molar-refractivity contribution in [1.82, 2.24) is 15.5 Å². The third-order valence-electron chi connectivity index (χ3n) is 7.96. The maximum Gasteiger partial charge on any atom is 0.407 e. The summed E-state index contributed by atoms with van der Waals surface area (Å²) in [7, 11) is 0. The Labute approximate surface area is 246 Å². The van der Waals surface area contributed by atoms with Crippen LogP contribution in [0.1, 0.15) is 73.5 Å². The van der Waals surface area contributed by atoms with Crippen LogP contribution >= 0.6 is 0 Å². The van der Waals surface area contributed by atoms with Crippen LogP contribution < -0.4 is 20.3 Å². The number of ether oxygens (including phenoxy) is 2. The minimum absolute atomic E-state index is 0.0329. The van der Waals surface area contributed by atoms with Crippen molar-refractivity contribution in [3.8, 4) is 5.75 Å². The second-order valence-electron chi connectivity index (χ2n) is 11.4. The van der Waals surface area contributed by atoms with Crippen LogP contribution in [-0.4, -0.2) is 53.7 Å². The molecule has 0 radical (unpaired) electrons. The van der Waals surface area contributed by atoms with Crippen LogP contribution in [0.3, 0.4) is 0 Å². The smallest absolute Gasteiger partial charge is 0.407 e. The van der Waals surface area contributed by atoms with E-state index in [4.69, 9.17) is 9.47 Å². The summed E-state index contributed by atoms with van der Waals surface area (Å²) < 4.78 is 11.5. The Balaban J connectivity index is 1.11. The predicted molar refractivity (Wildman–Crippen MR) is 160 cm³/mol. The number of rotatable bonds is 10. The molecule has 2 aliphatic rings. The van der Waals surface area contributed by atoms with Crippen LogP contribution in [0.15, 0.2) is 54.6 Å². The molecular formula is C32H39N5O5. The number of amides is 2. The molecule has 2 amide bonds. The molecule has 10 heteroatoms. The number of aromatic nitrogens is 2. The van der Waals surface area contributed by atoms with Crippen LogP contribution in [0, 0.1) is 5.92 Å². The monoisotopic (exact) mass is 573 g/mol. The number of alkyl carbamates (subject to hydrolysis) is 1. The summed E-state index contributed by atoms with van der Waals surface area (Å²) in [5.41, 5.74) is 3.32. The number of piperidine rings is 1. The summed E-state index contributed by atoms with van der Waals surface area (Å²) in [6.07, 6.45) is 4.07. The standard InChI is InChI=1S/C32H39N5O5/c1-21(2)33-32(40)42-25-12-11-24(17-25)27-18-30(36-35-27)34-31(39)23-13-15-37(16-14-23)28-9-6-10-29(26(28)19-38)41-20-22-7-4-3-5-8-22/h3-10,18-19,21,23-25H,11-17,20H2,1-2H3,(H,33,40)(H2,34,35,36,39)/t24-,25+/m0/s1. The summed E-state index contributed by atoms with van der Waals surface area (Å²) in [5.74, 6) is 1.05. The Kier molecular flexibility index (Phi) is 9.41. The van der Waals surface area contributed by atoms with Gasteiger partial charge in [-0.05, 0) is 63.6 Å². The van der Waals surface area contributed by atoms with E-state index in [9.17, 15) is 14.4 Å². The fraction of sp³-hybridized carbons (Fsp3) is 0.438. The van der Waals surface area contributed by atoms with E-state index in [1.165, 1.54) is 0 Å². The van der Waals surface area contributed by atoms with Gasteiger partial charge < -0.3 is 25.0 Å². The molecule has 2 heterocycles. The number of nitrogens with one attached hydrogen (secondary N) is 3. The molecule has 1 aliphatic heterocycles. The van der Waals surface area contributed by atoms with Gasteiger partial charge in [0.05, 0.1) is 11.3 Å². The van der Waals surface area contributed by atoms with E-state index in [2.05, 4.69) is 25.7 Å². The van der Waals surface area contributed by atoms with Crippen molar-refractivity contribution in [2.24, 2.45) is 5.92 Å². The normalized spacial score (nSPS) is 19.0. The van der Waals surface area contributed by atoms with Gasteiger partial charge in [0.2, 0.25) is 5.91 Å². The summed E-state index contributed by atoms with van der Waals surface area (Å²) in [6.45, 7) is 5.48. The quantitative estimate of drug-likeness (QED) is 0.276. The predicted octanol–water partition coefficient (Wildman–Crippen LogP) is 5.43. The molecule has 222 valence electrons. The van der Waals surface area contributed by atoms with Crippen LogP contribution in [0.5, 0.6) is 5.75 Å². The highest BCUT2D eigenvalue weighted by atomic mass is 16.6. The molecule has 1 saturated carbocycles. The van der Waals surface area contributed by atoms with E-state index in [0.29, 0.717) is 49.7 Å². The third-order valence-corrected chi connectivity index (χ3v) is 7.96. The van der Waals surface area contributed by atoms with Crippen molar-refractivity contribution in [2.75, 3.05) is 23.3 Å². The second kappa shape index (κ2) is 13.5. The molecule has 42 heavy (non-hydrogen) atoms. The number of carbonyl (C=O) groups excluding carboxylic acids is 3. The van der Waals surface area contributed by atoms with Gasteiger partial charge in [0.25, 0.3) is 0 Å². The maximum absolute atomic E-state index is 13.1. The Bertz CT molecular complexity index is 1370. The largest absolute Gasteiger partial charge is 0.488 e. The number of carbonyl (C=O) groups is 3. The SMILES string of the molecule is CC(C)NC(=O)O[C@@H]1CC[C@H](c2cc(NC(=O)C3CCN(c4cccc(OCc5ccccc5)c4C=O)CC3)n[nH]2)C1. The number of aldehydes is 1. The lowest BCUT2D eigenvalue weighted by Gasteiger charge is -2.33. The van der Waals surface area contributed by atoms with Crippen molar-refractivity contribution in [2.45, 2.75) is 70.6 Å². The fourth-order valence-corrected chi connectivity index (χ4v) is 5.76. The summed E-state index contributed by atoms with van der Waals surface area (Å²) in [6, 6.07) is 17.4. The number of benzene rings is 2. The van der Waals surface area contributed by atoms with Crippen molar-refractivity contribution >= 4 is 29.8 Å². The van der Waals surface area contributed by atoms with Gasteiger partial charge in [-0.2, -0.15) is 5.10 Å². The lowest BCUT2D eigenvalue weighted by Crippen LogP contribution is -2.38. The molecule has 2 atom stereocenters. The van der Waals surface area contributed by atoms with Gasteiger partial charge in [-0.25, -0.2) is 4.79 Å². The van der Waals surface area contributed by atoms with Gasteiger partial charge in [-0.3, -0.25) is 14.7 Å². The second-order valence-corrected chi connectivity index (χ2v) is 11.4. The van der Waals surface area contributed by atoms with E-state index in [1.54, 1.807) is 0 Å². The van der Waals surface area contributed by atoms with Gasteiger partial charge in [0.1, 0.15) is 18.5 Å². The highest BCUT2D eigenvalue weighted by Gasteiger charge is 2.31. The number of H-pyrrole nitrogens is 1. The zero-order valence-corrected chi connectivity index (χ0v) is 24.2. The molecular weight excluding hydrogens is 534 g/mol. The average molecular weight is 574 g/mol. The lowest BCUT2D eigenvalue weighted by atomic mass is 9.95. The van der Waals surface area contributed by atoms with Crippen LogP contribution in [-0.2, 0) is 16.1 Å². The third kappa shape index (κ3) is 7.29. The van der Waals surface area contributed by atoms with Crippen molar-refractivity contribution in [3.63, 3.8) is 0 Å². The molecule has 5 rings (SSSR count). The van der Waals surface area contributed by atoms with E-state index in [1.807, 2.05) is 68.4 Å². The summed E-state index contributed by atoms with van der Waals surface area (Å²) in [5, 5.41) is 13.1. The zero-order valence-electron chi connectivity index (χ0n) is 24.2. The molecule has 0 spiro atoms. The lowest BCUT2D eigenvalue weighted by molar-refractivity contribution is -0.120. The molecule has 3 N–H and O–H groups in total. The molecule has 10 nitrogen and oxygen atoms in total. The topological polar surface area (TPSA) is 126 Å². The van der Waals surface area contributed by atoms with Crippen LogP contribution in [0.25, 0.3) is 0 Å². The van der Waals surface area contributed by atoms with Crippen molar-refractivity contribution < 1.29 is 23.9 Å². The molecule has 0 bridgehead atoms. The molecule has 0 unspecified atom stereocenters. The molecule has 3 aromatic rings. The van der Waals surface area contributed by atoms with Crippen LogP contribution in [0.4, 0.5) is 16.3 Å². The Morgan fingerprint density at radius 2 is 1.86 bits per heavy atom. The number of hydrogen-bond donors (Lipinski definition) is 3. The first-order chi connectivity index (χ1) is 20.4. The van der Waals surface area contributed by atoms with Gasteiger partial charge in [0, 0.05) is 42.7 Å². The van der Waals surface area contributed by atoms with Crippen LogP contribution in [0.2, 0.25) is 0 Å². The van der Waals surface area contributed by atoms with Gasteiger partial charge in [0.15, 0.2) is 12.1 Å². The fourth-order valence-electron chi connectivity index (χ4n) is 5.76. The van der Waals surface area contributed by atoms with Gasteiger partial charge in [-0.1, -0.05) is 36.4 Å². The number of aromatic amines is 1. The molecule has 1 saturated heterocycles. The van der Waals surface area contributed by atoms with Gasteiger partial charge >= 0.3 is 6.09 Å². The van der Waals surface area contributed by atoms with E-state index in [0.717, 1.165) is 42.5 Å². The average Bonchev–Trinajstić information content (AvgIpc) is 3.65. The zero-order chi connectivity index (χ0) is 29.5. The first-order valence-electron chi connectivity index (χ1n) is 14.7. The highest BCUT2D eigenvalue weighted by molar-refractivity contribution is 5.92. The number of anilines is 2. The minimum atomic E-state index is -0.384. The summed E-state index contributed by atoms with van der Waals surface area (Å²) in [4.78, 5) is 39.2. The van der Waals surface area contributed by atoms with E-state index < -0.39 is 0 Å². The molecule has 1 aromatic heterocycles. The minimum Gasteiger partial charge on any atom is -0.488 e. The molecule has 1 aliphatic carbocycles. The Morgan fingerprint density at radius 1 is 1.07 bits per heavy atom. The van der Waals surface area contributed by atoms with Crippen molar-refractivity contribution in [1.29, 1.82) is 0 Å². The number of nitrogens with zero attached hydrogens (tertiary/aromatic N) is 2. The maximum atomic E-state index is 13.1. The molecule has 2 fully saturated rings. The first-order valence-corrected chi connectivity index (χ1v) is 14.7. The first kappa shape index (κ1) is 29.2. The molecule has 2 aromatic carbocycles. The van der Waals surface area contributed by atoms with E-state index >= 15 is 0 Å².